The highest BCUT2D eigenvalue weighted by atomic mass is 32.2. The van der Waals surface area contributed by atoms with Crippen molar-refractivity contribution in [2.45, 2.75) is 39.3 Å². The summed E-state index contributed by atoms with van der Waals surface area (Å²) in [4.78, 5) is 38.4. The van der Waals surface area contributed by atoms with Gasteiger partial charge < -0.3 is 19.5 Å². The number of thioether (sulfide) groups is 1. The number of esters is 1. The Kier molecular flexibility index (Phi) is 6.58. The molecule has 0 fully saturated rings. The Balaban J connectivity index is 1.44. The van der Waals surface area contributed by atoms with Crippen LogP contribution in [-0.2, 0) is 25.5 Å². The molecule has 2 atom stereocenters. The maximum Gasteiger partial charge on any atom is 0.316 e. The van der Waals surface area contributed by atoms with Crippen molar-refractivity contribution in [2.75, 3.05) is 21.7 Å². The van der Waals surface area contributed by atoms with E-state index in [2.05, 4.69) is 10.5 Å². The lowest BCUT2D eigenvalue weighted by atomic mass is 10.1. The van der Waals surface area contributed by atoms with Crippen LogP contribution in [-0.4, -0.2) is 46.6 Å². The van der Waals surface area contributed by atoms with Crippen LogP contribution in [0.4, 0.5) is 11.5 Å². The van der Waals surface area contributed by atoms with E-state index in [0.29, 0.717) is 11.6 Å². The minimum atomic E-state index is -0.899. The molecule has 29 heavy (non-hydrogen) atoms. The second kappa shape index (κ2) is 9.13. The topological polar surface area (TPSA) is 102 Å². The number of benzene rings is 1. The maximum absolute atomic E-state index is 12.8. The van der Waals surface area contributed by atoms with E-state index in [1.165, 1.54) is 0 Å². The summed E-state index contributed by atoms with van der Waals surface area (Å²) in [6.45, 7) is 5.26. The molecule has 0 unspecified atom stereocenters. The number of carbonyl (C=O) groups is 3. The summed E-state index contributed by atoms with van der Waals surface area (Å²) in [5.41, 5.74) is 1.97. The molecule has 1 aromatic carbocycles. The van der Waals surface area contributed by atoms with Crippen molar-refractivity contribution in [2.24, 2.45) is 0 Å². The normalized spacial score (nSPS) is 16.2. The fourth-order valence-electron chi connectivity index (χ4n) is 3.21. The highest BCUT2D eigenvalue weighted by molar-refractivity contribution is 8.00. The minimum absolute atomic E-state index is 0.0132. The molecular weight excluding hydrogens is 394 g/mol. The van der Waals surface area contributed by atoms with Crippen LogP contribution in [0.5, 0.6) is 0 Å². The van der Waals surface area contributed by atoms with Crippen LogP contribution in [0.15, 0.2) is 34.9 Å². The molecule has 0 saturated carbocycles. The van der Waals surface area contributed by atoms with Crippen LogP contribution in [0.1, 0.15) is 25.2 Å². The molecule has 0 spiro atoms. The Bertz CT molecular complexity index is 913. The Labute approximate surface area is 172 Å². The summed E-state index contributed by atoms with van der Waals surface area (Å²) in [5, 5.41) is 6.24. The number of ether oxygens (including phenoxy) is 1. The Hall–Kier alpha value is -2.81. The van der Waals surface area contributed by atoms with Crippen molar-refractivity contribution >= 4 is 41.1 Å². The number of nitrogens with zero attached hydrogens (tertiary/aromatic N) is 2. The van der Waals surface area contributed by atoms with Gasteiger partial charge in [0, 0.05) is 17.8 Å². The molecule has 9 heteroatoms. The molecule has 2 aromatic rings. The number of aromatic nitrogens is 1. The molecule has 1 aliphatic rings. The van der Waals surface area contributed by atoms with Gasteiger partial charge in [0.25, 0.3) is 5.91 Å². The molecule has 2 amide bonds. The third kappa shape index (κ3) is 5.17. The third-order valence-corrected chi connectivity index (χ3v) is 5.36. The number of nitrogens with one attached hydrogen (secondary N) is 1. The van der Waals surface area contributed by atoms with Crippen LogP contribution in [0.25, 0.3) is 0 Å². The van der Waals surface area contributed by atoms with Gasteiger partial charge in [-0.15, -0.1) is 11.8 Å². The van der Waals surface area contributed by atoms with Crippen molar-refractivity contribution in [3.8, 4) is 0 Å². The molecule has 0 bridgehead atoms. The van der Waals surface area contributed by atoms with Gasteiger partial charge in [-0.25, -0.2) is 0 Å². The fourth-order valence-corrected chi connectivity index (χ4v) is 3.80. The van der Waals surface area contributed by atoms with Crippen molar-refractivity contribution in [3.63, 3.8) is 0 Å². The van der Waals surface area contributed by atoms with E-state index in [-0.39, 0.29) is 29.4 Å². The fraction of sp³-hybridized carbons (Fsp3) is 0.400. The molecule has 0 radical (unpaired) electrons. The van der Waals surface area contributed by atoms with Crippen LogP contribution >= 0.6 is 11.8 Å². The average Bonchev–Trinajstić information content (AvgIpc) is 3.22. The first-order valence-corrected chi connectivity index (χ1v) is 10.4. The number of amides is 2. The van der Waals surface area contributed by atoms with Crippen molar-refractivity contribution in [1.29, 1.82) is 0 Å². The van der Waals surface area contributed by atoms with Crippen LogP contribution in [0.2, 0.25) is 0 Å². The second-order valence-electron chi connectivity index (χ2n) is 6.89. The zero-order valence-electron chi connectivity index (χ0n) is 16.5. The van der Waals surface area contributed by atoms with Gasteiger partial charge >= 0.3 is 5.97 Å². The molecule has 154 valence electrons. The monoisotopic (exact) mass is 417 g/mol. The largest absolute Gasteiger partial charge is 0.452 e. The first-order valence-electron chi connectivity index (χ1n) is 9.26. The molecule has 1 aliphatic heterocycles. The maximum atomic E-state index is 12.8. The highest BCUT2D eigenvalue weighted by Crippen LogP contribution is 2.32. The summed E-state index contributed by atoms with van der Waals surface area (Å²) < 4.78 is 10.1. The number of rotatable bonds is 7. The van der Waals surface area contributed by atoms with E-state index >= 15 is 0 Å². The number of hydrogen-bond donors (Lipinski definition) is 1. The Morgan fingerprint density at radius 2 is 2.10 bits per heavy atom. The number of anilines is 2. The first-order chi connectivity index (χ1) is 13.8. The highest BCUT2D eigenvalue weighted by Gasteiger charge is 2.34. The van der Waals surface area contributed by atoms with Crippen LogP contribution in [0.3, 0.4) is 0 Å². The number of para-hydroxylation sites is 1. The van der Waals surface area contributed by atoms with E-state index in [0.717, 1.165) is 29.4 Å². The lowest BCUT2D eigenvalue weighted by Crippen LogP contribution is -2.43. The second-order valence-corrected chi connectivity index (χ2v) is 7.87. The summed E-state index contributed by atoms with van der Waals surface area (Å²) in [6.07, 6.45) is -0.123. The molecule has 3 rings (SSSR count). The molecular formula is C20H23N3O5S. The Morgan fingerprint density at radius 1 is 1.34 bits per heavy atom. The molecule has 1 aromatic heterocycles. The van der Waals surface area contributed by atoms with Crippen molar-refractivity contribution in [1.82, 2.24) is 5.16 Å². The van der Waals surface area contributed by atoms with Gasteiger partial charge in [0.2, 0.25) is 5.91 Å². The lowest BCUT2D eigenvalue weighted by Gasteiger charge is -2.25. The quantitative estimate of drug-likeness (QED) is 0.691. The van der Waals surface area contributed by atoms with Crippen LogP contribution in [0, 0.1) is 6.92 Å². The SMILES string of the molecule is Cc1cc(NC(=O)CSCC(=O)O[C@@H](C)C(=O)N2c3ccccc3C[C@@H]2C)no1. The van der Waals surface area contributed by atoms with Gasteiger partial charge in [-0.05, 0) is 38.8 Å². The van der Waals surface area contributed by atoms with Gasteiger partial charge in [0.1, 0.15) is 5.76 Å². The molecule has 0 aliphatic carbocycles. The number of fused-ring (bicyclic) bond motifs is 1. The van der Waals surface area contributed by atoms with Gasteiger partial charge in [-0.3, -0.25) is 14.4 Å². The van der Waals surface area contributed by atoms with Gasteiger partial charge in [-0.2, -0.15) is 0 Å². The van der Waals surface area contributed by atoms with Gasteiger partial charge in [0.15, 0.2) is 11.9 Å². The number of hydrogen-bond acceptors (Lipinski definition) is 7. The van der Waals surface area contributed by atoms with Crippen LogP contribution < -0.4 is 10.2 Å². The predicted molar refractivity (Wildman–Crippen MR) is 110 cm³/mol. The Morgan fingerprint density at radius 3 is 2.83 bits per heavy atom. The summed E-state index contributed by atoms with van der Waals surface area (Å²) >= 11 is 1.10. The summed E-state index contributed by atoms with van der Waals surface area (Å²) in [7, 11) is 0. The molecule has 8 nitrogen and oxygen atoms in total. The lowest BCUT2D eigenvalue weighted by molar-refractivity contribution is -0.151. The molecule has 2 heterocycles. The number of aryl methyl sites for hydroxylation is 1. The zero-order valence-corrected chi connectivity index (χ0v) is 17.3. The third-order valence-electron chi connectivity index (χ3n) is 4.45. The first kappa shape index (κ1) is 20.9. The minimum Gasteiger partial charge on any atom is -0.452 e. The summed E-state index contributed by atoms with van der Waals surface area (Å²) in [6, 6.07) is 9.34. The summed E-state index contributed by atoms with van der Waals surface area (Å²) in [5.74, 6) is -0.154. The average molecular weight is 417 g/mol. The van der Waals surface area contributed by atoms with E-state index in [4.69, 9.17) is 9.26 Å². The van der Waals surface area contributed by atoms with E-state index < -0.39 is 12.1 Å². The van der Waals surface area contributed by atoms with E-state index in [1.54, 1.807) is 24.8 Å². The zero-order chi connectivity index (χ0) is 21.0. The predicted octanol–water partition coefficient (Wildman–Crippen LogP) is 2.56. The van der Waals surface area contributed by atoms with E-state index in [9.17, 15) is 14.4 Å². The van der Waals surface area contributed by atoms with Gasteiger partial charge in [0.05, 0.1) is 11.5 Å². The van der Waals surface area contributed by atoms with E-state index in [1.807, 2.05) is 31.2 Å². The van der Waals surface area contributed by atoms with Gasteiger partial charge in [-0.1, -0.05) is 23.4 Å². The molecule has 1 N–H and O–H groups in total. The van der Waals surface area contributed by atoms with Crippen molar-refractivity contribution in [3.05, 3.63) is 41.7 Å². The number of carbonyl (C=O) groups excluding carboxylic acids is 3. The van der Waals surface area contributed by atoms with Crippen molar-refractivity contribution < 1.29 is 23.6 Å². The standard InChI is InChI=1S/C20H23N3O5S/c1-12-8-15-6-4-5-7-16(15)23(12)20(26)14(3)27-19(25)11-29-10-18(24)21-17-9-13(2)28-22-17/h4-7,9,12,14H,8,10-11H2,1-3H3,(H,21,22,24)/t12-,14-/m0/s1. The molecule has 0 saturated heterocycles. The smallest absolute Gasteiger partial charge is 0.316 e.